The van der Waals surface area contributed by atoms with Gasteiger partial charge in [-0.05, 0) is 83.6 Å². The fraction of sp³-hybridized carbons (Fsp3) is 0.690. The highest BCUT2D eigenvalue weighted by Crippen LogP contribution is 2.18. The van der Waals surface area contributed by atoms with E-state index in [0.29, 0.717) is 63.7 Å². The van der Waals surface area contributed by atoms with Crippen LogP contribution in [-0.2, 0) is 30.4 Å². The molecule has 0 radical (unpaired) electrons. The van der Waals surface area contributed by atoms with Gasteiger partial charge in [-0.15, -0.1) is 5.10 Å². The van der Waals surface area contributed by atoms with E-state index in [4.69, 9.17) is 17.2 Å². The Labute approximate surface area is 273 Å². The predicted molar refractivity (Wildman–Crippen MR) is 170 cm³/mol. The van der Waals surface area contributed by atoms with Crippen molar-refractivity contribution in [3.8, 4) is 0 Å². The molecule has 18 nitrogen and oxygen atoms in total. The lowest BCUT2D eigenvalue weighted by Crippen LogP contribution is -2.57. The topological polar surface area (TPSA) is 284 Å². The number of fused-ring (bicyclic) bond motifs is 2. The molecule has 260 valence electrons. The van der Waals surface area contributed by atoms with Crippen molar-refractivity contribution in [2.75, 3.05) is 19.6 Å². The van der Waals surface area contributed by atoms with Gasteiger partial charge < -0.3 is 43.8 Å². The van der Waals surface area contributed by atoms with Crippen LogP contribution in [0.1, 0.15) is 82.7 Å². The van der Waals surface area contributed by atoms with Gasteiger partial charge in [-0.25, -0.2) is 4.79 Å². The lowest BCUT2D eigenvalue weighted by molar-refractivity contribution is -0.140. The first-order valence-corrected chi connectivity index (χ1v) is 16.3. The second kappa shape index (κ2) is 19.1. The second-order valence-electron chi connectivity index (χ2n) is 11.8. The maximum atomic E-state index is 13.7. The summed E-state index contributed by atoms with van der Waals surface area (Å²) in [7, 11) is 0. The molecule has 18 heteroatoms. The van der Waals surface area contributed by atoms with Crippen molar-refractivity contribution in [2.24, 2.45) is 22.2 Å². The number of unbranched alkanes of at least 4 members (excludes halogenated alkanes) is 1. The molecule has 3 atom stereocenters. The fourth-order valence-corrected chi connectivity index (χ4v) is 4.94. The molecule has 1 aliphatic carbocycles. The van der Waals surface area contributed by atoms with E-state index in [1.54, 1.807) is 0 Å². The van der Waals surface area contributed by atoms with Crippen LogP contribution in [0, 0.1) is 0 Å². The van der Waals surface area contributed by atoms with Crippen LogP contribution in [0.5, 0.6) is 0 Å². The Morgan fingerprint density at radius 3 is 2.36 bits per heavy atom. The molecule has 1 fully saturated rings. The number of rotatable bonds is 11. The number of ketones is 1. The number of carbonyl (C=O) groups is 6. The van der Waals surface area contributed by atoms with Crippen LogP contribution in [0.2, 0.25) is 0 Å². The molecule has 3 rings (SSSR count). The Morgan fingerprint density at radius 1 is 0.915 bits per heavy atom. The number of hydrogen-bond donors (Lipinski definition) is 8. The first kappa shape index (κ1) is 36.9. The molecule has 0 unspecified atom stereocenters. The average molecular weight is 661 g/mol. The van der Waals surface area contributed by atoms with Gasteiger partial charge in [0.1, 0.15) is 12.1 Å². The quantitative estimate of drug-likeness (QED) is 0.0547. The van der Waals surface area contributed by atoms with Crippen molar-refractivity contribution in [3.05, 3.63) is 11.9 Å². The number of guanidine groups is 1. The minimum absolute atomic E-state index is 0.0629. The van der Waals surface area contributed by atoms with Crippen LogP contribution in [0.4, 0.5) is 4.79 Å². The van der Waals surface area contributed by atoms with Crippen LogP contribution in [-0.4, -0.2) is 100 Å². The van der Waals surface area contributed by atoms with Crippen LogP contribution < -0.4 is 43.8 Å². The summed E-state index contributed by atoms with van der Waals surface area (Å²) < 4.78 is 0.976. The van der Waals surface area contributed by atoms with Gasteiger partial charge >= 0.3 is 6.03 Å². The summed E-state index contributed by atoms with van der Waals surface area (Å²) in [6.45, 7) is 0.894. The molecule has 2 aliphatic rings. The standard InChI is InChI=1S/C29H48N12O6/c30-14-3-1-9-22-26(45)37-21(10-6-16-34-28(31)32)25(44)36-20(24(43)27(46)35-18-12-13-18)8-2-4-15-33-23(42)11-5-7-19-17-41(40-39-19)29(47)38-22/h17-18,20-22H,1-16,30H2,(H,33,42)(H,35,46)(H,36,44)(H,37,45)(H,38,47)(H4,31,32,34)/t20-,21-,22-/m0/s1. The minimum atomic E-state index is -1.16. The van der Waals surface area contributed by atoms with Gasteiger partial charge in [0.2, 0.25) is 23.5 Å². The number of aryl methyl sites for hydroxylation is 1. The lowest BCUT2D eigenvalue weighted by atomic mass is 10.0. The molecular formula is C29H48N12O6. The van der Waals surface area contributed by atoms with Crippen LogP contribution >= 0.6 is 0 Å². The first-order chi connectivity index (χ1) is 22.6. The van der Waals surface area contributed by atoms with Crippen molar-refractivity contribution in [1.82, 2.24) is 41.6 Å². The third-order valence-electron chi connectivity index (χ3n) is 7.74. The summed E-state index contributed by atoms with van der Waals surface area (Å²) in [5.41, 5.74) is 17.0. The molecule has 5 amide bonds. The lowest BCUT2D eigenvalue weighted by Gasteiger charge is -2.25. The van der Waals surface area contributed by atoms with Gasteiger partial charge in [0.25, 0.3) is 5.91 Å². The Morgan fingerprint density at radius 2 is 1.64 bits per heavy atom. The summed E-state index contributed by atoms with van der Waals surface area (Å²) in [6.07, 6.45) is 6.86. The first-order valence-electron chi connectivity index (χ1n) is 16.3. The van der Waals surface area contributed by atoms with Crippen LogP contribution in [0.3, 0.4) is 0 Å². The zero-order valence-corrected chi connectivity index (χ0v) is 26.7. The van der Waals surface area contributed by atoms with E-state index in [1.165, 1.54) is 6.20 Å². The third-order valence-corrected chi connectivity index (χ3v) is 7.74. The Balaban J connectivity index is 1.85. The summed E-state index contributed by atoms with van der Waals surface area (Å²) in [6, 6.07) is -4.15. The Kier molecular flexibility index (Phi) is 15.0. The molecule has 0 aromatic carbocycles. The van der Waals surface area contributed by atoms with Gasteiger partial charge in [0.15, 0.2) is 5.96 Å². The molecule has 11 N–H and O–H groups in total. The van der Waals surface area contributed by atoms with E-state index >= 15 is 0 Å². The number of nitrogens with zero attached hydrogens (tertiary/aromatic N) is 4. The number of nitrogens with one attached hydrogen (secondary N) is 5. The molecule has 2 heterocycles. The van der Waals surface area contributed by atoms with Crippen molar-refractivity contribution in [3.63, 3.8) is 0 Å². The van der Waals surface area contributed by atoms with Gasteiger partial charge in [-0.3, -0.25) is 29.0 Å². The number of aromatic nitrogens is 3. The zero-order valence-electron chi connectivity index (χ0n) is 26.7. The van der Waals surface area contributed by atoms with E-state index in [0.717, 1.165) is 17.5 Å². The Bertz CT molecular complexity index is 1280. The maximum Gasteiger partial charge on any atom is 0.344 e. The SMILES string of the molecule is NCCCC[C@@H]1NC(=O)n2cc(nn2)CCCC(=O)NCCCC[C@@H](C(=O)C(=O)NC2CC2)NC(=O)[C@H](CCCN=C(N)N)NC1=O. The highest BCUT2D eigenvalue weighted by molar-refractivity contribution is 6.38. The molecule has 0 spiro atoms. The monoisotopic (exact) mass is 660 g/mol. The molecule has 1 aromatic heterocycles. The maximum absolute atomic E-state index is 13.7. The van der Waals surface area contributed by atoms with Crippen molar-refractivity contribution in [2.45, 2.75) is 108 Å². The number of carbonyl (C=O) groups excluding carboxylic acids is 6. The number of Topliss-reactive ketones (excluding diaryl/α,β-unsaturated/α-hetero) is 1. The zero-order chi connectivity index (χ0) is 34.2. The molecule has 47 heavy (non-hydrogen) atoms. The smallest absolute Gasteiger partial charge is 0.344 e. The van der Waals surface area contributed by atoms with Gasteiger partial charge in [0.05, 0.1) is 17.9 Å². The van der Waals surface area contributed by atoms with E-state index in [1.807, 2.05) is 0 Å². The minimum Gasteiger partial charge on any atom is -0.370 e. The van der Waals surface area contributed by atoms with Crippen LogP contribution in [0.25, 0.3) is 0 Å². The summed E-state index contributed by atoms with van der Waals surface area (Å²) in [5.74, 6) is -3.21. The molecule has 1 saturated carbocycles. The van der Waals surface area contributed by atoms with Crippen molar-refractivity contribution < 1.29 is 28.8 Å². The van der Waals surface area contributed by atoms with Gasteiger partial charge in [-0.1, -0.05) is 5.21 Å². The highest BCUT2D eigenvalue weighted by atomic mass is 16.2. The fourth-order valence-electron chi connectivity index (χ4n) is 4.94. The van der Waals surface area contributed by atoms with E-state index in [9.17, 15) is 28.8 Å². The summed E-state index contributed by atoms with van der Waals surface area (Å²) in [5, 5.41) is 21.4. The molecular weight excluding hydrogens is 612 g/mol. The van der Waals surface area contributed by atoms with Crippen molar-refractivity contribution >= 4 is 41.4 Å². The van der Waals surface area contributed by atoms with Gasteiger partial charge in [0, 0.05) is 25.6 Å². The number of hydrogen-bond acceptors (Lipinski definition) is 10. The number of amides is 5. The Hall–Kier alpha value is -4.61. The molecule has 1 aromatic rings. The van der Waals surface area contributed by atoms with E-state index in [2.05, 4.69) is 41.9 Å². The third kappa shape index (κ3) is 13.3. The summed E-state index contributed by atoms with van der Waals surface area (Å²) >= 11 is 0. The largest absolute Gasteiger partial charge is 0.370 e. The van der Waals surface area contributed by atoms with Crippen LogP contribution in [0.15, 0.2) is 11.2 Å². The summed E-state index contributed by atoms with van der Waals surface area (Å²) in [4.78, 5) is 82.4. The predicted octanol–water partition coefficient (Wildman–Crippen LogP) is -2.17. The van der Waals surface area contributed by atoms with E-state index < -0.39 is 47.7 Å². The molecule has 2 bridgehead atoms. The number of nitrogens with two attached hydrogens (primary N) is 3. The highest BCUT2D eigenvalue weighted by Gasteiger charge is 2.34. The van der Waals surface area contributed by atoms with Gasteiger partial charge in [-0.2, -0.15) is 4.68 Å². The van der Waals surface area contributed by atoms with E-state index in [-0.39, 0.29) is 50.1 Å². The molecule has 1 aliphatic heterocycles. The normalized spacial score (nSPS) is 22.0. The van der Waals surface area contributed by atoms with Crippen molar-refractivity contribution in [1.29, 1.82) is 0 Å². The number of aliphatic imine (C=N–C) groups is 1. The average Bonchev–Trinajstić information content (AvgIpc) is 3.72. The molecule has 0 saturated heterocycles. The second-order valence-corrected chi connectivity index (χ2v) is 11.8.